The van der Waals surface area contributed by atoms with E-state index < -0.39 is 0 Å². The van der Waals surface area contributed by atoms with Crippen LogP contribution >= 0.6 is 0 Å². The number of ether oxygens (including phenoxy) is 2. The number of urea groups is 1. The van der Waals surface area contributed by atoms with E-state index >= 15 is 0 Å². The molecule has 4 rings (SSSR count). The van der Waals surface area contributed by atoms with Crippen LogP contribution in [-0.4, -0.2) is 56.8 Å². The van der Waals surface area contributed by atoms with Gasteiger partial charge in [-0.3, -0.25) is 4.79 Å². The molecule has 2 heterocycles. The third-order valence-electron chi connectivity index (χ3n) is 6.86. The Hall–Kier alpha value is -3.06. The van der Waals surface area contributed by atoms with Gasteiger partial charge in [-0.15, -0.1) is 0 Å². The lowest BCUT2D eigenvalue weighted by Crippen LogP contribution is -2.50. The average Bonchev–Trinajstić information content (AvgIpc) is 2.88. The summed E-state index contributed by atoms with van der Waals surface area (Å²) in [5, 5.41) is 6.14. The molecule has 7 heteroatoms. The highest BCUT2D eigenvalue weighted by Crippen LogP contribution is 2.35. The van der Waals surface area contributed by atoms with Gasteiger partial charge >= 0.3 is 6.03 Å². The molecule has 0 spiro atoms. The van der Waals surface area contributed by atoms with Gasteiger partial charge < -0.3 is 25.0 Å². The van der Waals surface area contributed by atoms with Gasteiger partial charge in [-0.2, -0.15) is 0 Å². The van der Waals surface area contributed by atoms with Crippen molar-refractivity contribution in [1.29, 1.82) is 0 Å². The van der Waals surface area contributed by atoms with Gasteiger partial charge in [0.2, 0.25) is 5.91 Å². The summed E-state index contributed by atoms with van der Waals surface area (Å²) < 4.78 is 10.9. The summed E-state index contributed by atoms with van der Waals surface area (Å²) in [4.78, 5) is 27.6. The van der Waals surface area contributed by atoms with Crippen LogP contribution in [0.15, 0.2) is 54.6 Å². The quantitative estimate of drug-likeness (QED) is 0.700. The minimum absolute atomic E-state index is 0.0200. The summed E-state index contributed by atoms with van der Waals surface area (Å²) in [7, 11) is 1.66. The number of nitrogens with zero attached hydrogens (tertiary/aromatic N) is 1. The maximum absolute atomic E-state index is 13.1. The number of hydrogen-bond donors (Lipinski definition) is 2. The molecule has 2 aromatic carbocycles. The zero-order chi connectivity index (χ0) is 23.1. The second-order valence-corrected chi connectivity index (χ2v) is 8.92. The lowest BCUT2D eigenvalue weighted by molar-refractivity contribution is -0.126. The van der Waals surface area contributed by atoms with Crippen molar-refractivity contribution >= 4 is 17.6 Å². The van der Waals surface area contributed by atoms with E-state index in [-0.39, 0.29) is 23.3 Å². The Balaban J connectivity index is 1.37. The van der Waals surface area contributed by atoms with Crippen LogP contribution in [0.2, 0.25) is 0 Å². The lowest BCUT2D eigenvalue weighted by Gasteiger charge is -2.39. The first kappa shape index (κ1) is 23.1. The second-order valence-electron chi connectivity index (χ2n) is 8.92. The van der Waals surface area contributed by atoms with Gasteiger partial charge in [-0.05, 0) is 55.5 Å². The molecule has 2 aromatic rings. The van der Waals surface area contributed by atoms with Crippen LogP contribution in [0, 0.1) is 5.92 Å². The molecule has 0 radical (unpaired) electrons. The van der Waals surface area contributed by atoms with Gasteiger partial charge in [0.05, 0.1) is 13.0 Å². The normalized spacial score (nSPS) is 20.0. The fourth-order valence-electron chi connectivity index (χ4n) is 4.77. The van der Waals surface area contributed by atoms with E-state index in [1.54, 1.807) is 12.0 Å². The van der Waals surface area contributed by atoms with Gasteiger partial charge in [0.1, 0.15) is 5.75 Å². The summed E-state index contributed by atoms with van der Waals surface area (Å²) in [5.41, 5.74) is 1.80. The van der Waals surface area contributed by atoms with E-state index in [0.29, 0.717) is 32.8 Å². The fourth-order valence-corrected chi connectivity index (χ4v) is 4.77. The zero-order valence-electron chi connectivity index (χ0n) is 19.2. The molecular formula is C26H33N3O4. The number of nitrogens with one attached hydrogen (secondary N) is 2. The highest BCUT2D eigenvalue weighted by Gasteiger charge is 2.36. The van der Waals surface area contributed by atoms with Crippen LogP contribution in [0.25, 0.3) is 0 Å². The summed E-state index contributed by atoms with van der Waals surface area (Å²) in [5.74, 6) is 0.640. The van der Waals surface area contributed by atoms with Gasteiger partial charge in [-0.1, -0.05) is 30.3 Å². The first-order valence-electron chi connectivity index (χ1n) is 11.7. The van der Waals surface area contributed by atoms with Gasteiger partial charge in [0.15, 0.2) is 0 Å². The number of methoxy groups -OCH3 is 1. The largest absolute Gasteiger partial charge is 0.497 e. The van der Waals surface area contributed by atoms with Crippen molar-refractivity contribution in [3.05, 3.63) is 60.2 Å². The molecule has 2 N–H and O–H groups in total. The smallest absolute Gasteiger partial charge is 0.321 e. The number of rotatable bonds is 6. The number of piperidine rings is 1. The Bertz CT molecular complexity index is 926. The topological polar surface area (TPSA) is 79.9 Å². The number of benzene rings is 2. The van der Waals surface area contributed by atoms with Crippen molar-refractivity contribution in [2.45, 2.75) is 31.1 Å². The highest BCUT2D eigenvalue weighted by molar-refractivity contribution is 5.90. The molecule has 33 heavy (non-hydrogen) atoms. The van der Waals surface area contributed by atoms with E-state index in [1.165, 1.54) is 5.56 Å². The predicted octanol–water partition coefficient (Wildman–Crippen LogP) is 3.80. The number of anilines is 1. The summed E-state index contributed by atoms with van der Waals surface area (Å²) in [6, 6.07) is 17.4. The molecule has 176 valence electrons. The summed E-state index contributed by atoms with van der Waals surface area (Å²) in [6.07, 6.45) is 3.32. The second kappa shape index (κ2) is 10.7. The van der Waals surface area contributed by atoms with Crippen molar-refractivity contribution in [2.75, 3.05) is 45.3 Å². The van der Waals surface area contributed by atoms with E-state index in [9.17, 15) is 9.59 Å². The van der Waals surface area contributed by atoms with Crippen LogP contribution in [-0.2, 0) is 14.9 Å². The van der Waals surface area contributed by atoms with Crippen molar-refractivity contribution < 1.29 is 19.1 Å². The molecule has 3 amide bonds. The molecule has 1 atom stereocenters. The molecule has 1 unspecified atom stereocenters. The maximum Gasteiger partial charge on any atom is 0.321 e. The maximum atomic E-state index is 13.1. The van der Waals surface area contributed by atoms with E-state index in [1.807, 2.05) is 42.5 Å². The molecule has 0 aromatic heterocycles. The predicted molar refractivity (Wildman–Crippen MR) is 127 cm³/mol. The zero-order valence-corrected chi connectivity index (χ0v) is 19.2. The molecule has 7 nitrogen and oxygen atoms in total. The third kappa shape index (κ3) is 5.66. The Morgan fingerprint density at radius 1 is 1.09 bits per heavy atom. The Labute approximate surface area is 195 Å². The van der Waals surface area contributed by atoms with Gasteiger partial charge in [0.25, 0.3) is 0 Å². The SMILES string of the molecule is COc1ccc(C2(CNC(=O)C3CCCN(C(=O)Nc4ccccc4)C3)CCOCC2)cc1. The monoisotopic (exact) mass is 451 g/mol. The van der Waals surface area contributed by atoms with E-state index in [4.69, 9.17) is 9.47 Å². The number of amides is 3. The average molecular weight is 452 g/mol. The minimum Gasteiger partial charge on any atom is -0.497 e. The lowest BCUT2D eigenvalue weighted by atomic mass is 9.74. The molecule has 2 fully saturated rings. The molecule has 2 saturated heterocycles. The number of carbonyl (C=O) groups excluding carboxylic acids is 2. The van der Waals surface area contributed by atoms with Crippen LogP contribution in [0.1, 0.15) is 31.2 Å². The van der Waals surface area contributed by atoms with Crippen LogP contribution in [0.4, 0.5) is 10.5 Å². The number of hydrogen-bond acceptors (Lipinski definition) is 4. The highest BCUT2D eigenvalue weighted by atomic mass is 16.5. The van der Waals surface area contributed by atoms with Crippen LogP contribution in [0.5, 0.6) is 5.75 Å². The third-order valence-corrected chi connectivity index (χ3v) is 6.86. The summed E-state index contributed by atoms with van der Waals surface area (Å²) in [6.45, 7) is 3.02. The van der Waals surface area contributed by atoms with Crippen LogP contribution in [0.3, 0.4) is 0 Å². The first-order chi connectivity index (χ1) is 16.1. The standard InChI is InChI=1S/C26H33N3O4/c1-32-23-11-9-21(10-12-23)26(13-16-33-17-14-26)19-27-24(30)20-6-5-15-29(18-20)25(31)28-22-7-3-2-4-8-22/h2-4,7-12,20H,5-6,13-19H2,1H3,(H,27,30)(H,28,31). The Kier molecular flexibility index (Phi) is 7.50. The number of carbonyl (C=O) groups is 2. The number of likely N-dealkylation sites (tertiary alicyclic amines) is 1. The van der Waals surface area contributed by atoms with E-state index in [0.717, 1.165) is 37.1 Å². The van der Waals surface area contributed by atoms with Gasteiger partial charge in [0, 0.05) is 44.0 Å². The molecular weight excluding hydrogens is 418 g/mol. The molecule has 0 saturated carbocycles. The first-order valence-corrected chi connectivity index (χ1v) is 11.7. The van der Waals surface area contributed by atoms with E-state index in [2.05, 4.69) is 22.8 Å². The van der Waals surface area contributed by atoms with Crippen molar-refractivity contribution in [1.82, 2.24) is 10.2 Å². The van der Waals surface area contributed by atoms with Crippen molar-refractivity contribution in [3.8, 4) is 5.75 Å². The molecule has 0 bridgehead atoms. The molecule has 0 aliphatic carbocycles. The van der Waals surface area contributed by atoms with Gasteiger partial charge in [-0.25, -0.2) is 4.79 Å². The van der Waals surface area contributed by atoms with Crippen LogP contribution < -0.4 is 15.4 Å². The fraction of sp³-hybridized carbons (Fsp3) is 0.462. The molecule has 2 aliphatic heterocycles. The Morgan fingerprint density at radius 3 is 2.52 bits per heavy atom. The molecule has 2 aliphatic rings. The van der Waals surface area contributed by atoms with Crippen molar-refractivity contribution in [2.24, 2.45) is 5.92 Å². The van der Waals surface area contributed by atoms with Crippen molar-refractivity contribution in [3.63, 3.8) is 0 Å². The number of para-hydroxylation sites is 1. The Morgan fingerprint density at radius 2 is 1.82 bits per heavy atom. The minimum atomic E-state index is -0.201. The summed E-state index contributed by atoms with van der Waals surface area (Å²) >= 11 is 0.